The van der Waals surface area contributed by atoms with Crippen molar-refractivity contribution < 1.29 is 4.92 Å². The molecule has 1 aliphatic heterocycles. The van der Waals surface area contributed by atoms with E-state index in [1.165, 1.54) is 0 Å². The van der Waals surface area contributed by atoms with Gasteiger partial charge < -0.3 is 10.2 Å². The quantitative estimate of drug-likeness (QED) is 0.653. The number of fused-ring (bicyclic) bond motifs is 1. The Labute approximate surface area is 110 Å². The molecule has 3 rings (SSSR count). The average Bonchev–Trinajstić information content (AvgIpc) is 2.46. The van der Waals surface area contributed by atoms with Gasteiger partial charge in [0.1, 0.15) is 5.69 Å². The fourth-order valence-electron chi connectivity index (χ4n) is 2.48. The number of aromatic nitrogens is 1. The maximum Gasteiger partial charge on any atom is 0.301 e. The maximum atomic E-state index is 11.4. The lowest BCUT2D eigenvalue weighted by Crippen LogP contribution is -2.43. The number of anilines is 1. The lowest BCUT2D eigenvalue weighted by Gasteiger charge is -2.29. The van der Waals surface area contributed by atoms with E-state index >= 15 is 0 Å². The summed E-state index contributed by atoms with van der Waals surface area (Å²) >= 11 is 0. The van der Waals surface area contributed by atoms with E-state index in [0.29, 0.717) is 16.6 Å². The van der Waals surface area contributed by atoms with Gasteiger partial charge in [-0.1, -0.05) is 0 Å². The summed E-state index contributed by atoms with van der Waals surface area (Å²) in [5.74, 6) is 0. The van der Waals surface area contributed by atoms with Crippen LogP contribution in [0, 0.1) is 10.1 Å². The Bertz CT molecular complexity index is 623. The number of nitrogens with zero attached hydrogens (tertiary/aromatic N) is 3. The van der Waals surface area contributed by atoms with Gasteiger partial charge in [-0.2, -0.15) is 0 Å². The number of nitrogens with one attached hydrogen (secondary N) is 1. The highest BCUT2D eigenvalue weighted by Gasteiger charge is 2.23. The van der Waals surface area contributed by atoms with Crippen molar-refractivity contribution in [3.05, 3.63) is 40.6 Å². The van der Waals surface area contributed by atoms with Crippen LogP contribution in [0.5, 0.6) is 0 Å². The highest BCUT2D eigenvalue weighted by atomic mass is 16.6. The van der Waals surface area contributed by atoms with Crippen LogP contribution in [-0.4, -0.2) is 36.1 Å². The van der Waals surface area contributed by atoms with E-state index in [9.17, 15) is 10.1 Å². The Morgan fingerprint density at radius 1 is 1.26 bits per heavy atom. The Kier molecular flexibility index (Phi) is 3.00. The minimum Gasteiger partial charge on any atom is -0.363 e. The SMILES string of the molecule is O=[N+]([O-])c1c(N2CCNCC2)ccc2ncccc12. The van der Waals surface area contributed by atoms with Gasteiger partial charge in [0.05, 0.1) is 15.8 Å². The standard InChI is InChI=1S/C13H14N4O2/c18-17(19)13-10-2-1-5-15-11(10)3-4-12(13)16-8-6-14-7-9-16/h1-5,14H,6-9H2. The highest BCUT2D eigenvalue weighted by molar-refractivity contribution is 5.94. The first-order valence-corrected chi connectivity index (χ1v) is 6.25. The predicted octanol–water partition coefficient (Wildman–Crippen LogP) is 1.55. The summed E-state index contributed by atoms with van der Waals surface area (Å²) in [5.41, 5.74) is 1.51. The van der Waals surface area contributed by atoms with E-state index in [1.807, 2.05) is 6.07 Å². The molecule has 2 aromatic rings. The predicted molar refractivity (Wildman–Crippen MR) is 73.5 cm³/mol. The molecule has 2 heterocycles. The van der Waals surface area contributed by atoms with Crippen molar-refractivity contribution >= 4 is 22.3 Å². The van der Waals surface area contributed by atoms with Crippen molar-refractivity contribution in [2.45, 2.75) is 0 Å². The topological polar surface area (TPSA) is 71.3 Å². The number of hydrogen-bond donors (Lipinski definition) is 1. The first-order chi connectivity index (χ1) is 9.27. The molecule has 98 valence electrons. The minimum atomic E-state index is -0.304. The summed E-state index contributed by atoms with van der Waals surface area (Å²) in [5, 5.41) is 15.3. The molecular weight excluding hydrogens is 244 g/mol. The van der Waals surface area contributed by atoms with Crippen molar-refractivity contribution in [1.82, 2.24) is 10.3 Å². The molecule has 1 aromatic heterocycles. The van der Waals surface area contributed by atoms with E-state index in [2.05, 4.69) is 15.2 Å². The normalized spacial score (nSPS) is 15.7. The molecule has 1 saturated heterocycles. The summed E-state index contributed by atoms with van der Waals surface area (Å²) < 4.78 is 0. The lowest BCUT2D eigenvalue weighted by atomic mass is 10.1. The van der Waals surface area contributed by atoms with Crippen LogP contribution in [-0.2, 0) is 0 Å². The zero-order valence-corrected chi connectivity index (χ0v) is 10.4. The van der Waals surface area contributed by atoms with E-state index < -0.39 is 0 Å². The van der Waals surface area contributed by atoms with E-state index in [4.69, 9.17) is 0 Å². The molecule has 0 amide bonds. The molecule has 1 aliphatic rings. The molecule has 0 saturated carbocycles. The average molecular weight is 258 g/mol. The van der Waals surface area contributed by atoms with Gasteiger partial charge in [-0.05, 0) is 24.3 Å². The molecule has 1 N–H and O–H groups in total. The Morgan fingerprint density at radius 3 is 2.79 bits per heavy atom. The van der Waals surface area contributed by atoms with Gasteiger partial charge in [0, 0.05) is 32.4 Å². The molecule has 0 radical (unpaired) electrons. The number of nitro groups is 1. The third-order valence-corrected chi connectivity index (χ3v) is 3.38. The smallest absolute Gasteiger partial charge is 0.301 e. The molecule has 19 heavy (non-hydrogen) atoms. The number of piperazine rings is 1. The van der Waals surface area contributed by atoms with Gasteiger partial charge in [-0.3, -0.25) is 15.1 Å². The third kappa shape index (κ3) is 2.10. The Morgan fingerprint density at radius 2 is 2.05 bits per heavy atom. The van der Waals surface area contributed by atoms with E-state index in [-0.39, 0.29) is 10.6 Å². The molecule has 0 atom stereocenters. The van der Waals surface area contributed by atoms with Crippen LogP contribution in [0.1, 0.15) is 0 Å². The van der Waals surface area contributed by atoms with E-state index in [0.717, 1.165) is 26.2 Å². The molecule has 0 spiro atoms. The van der Waals surface area contributed by atoms with Crippen molar-refractivity contribution in [3.8, 4) is 0 Å². The summed E-state index contributed by atoms with van der Waals surface area (Å²) in [6.07, 6.45) is 1.65. The third-order valence-electron chi connectivity index (χ3n) is 3.38. The van der Waals surface area contributed by atoms with Crippen LogP contribution in [0.25, 0.3) is 10.9 Å². The Balaban J connectivity index is 2.18. The largest absolute Gasteiger partial charge is 0.363 e. The zero-order chi connectivity index (χ0) is 13.2. The number of benzene rings is 1. The monoisotopic (exact) mass is 258 g/mol. The maximum absolute atomic E-state index is 11.4. The summed E-state index contributed by atoms with van der Waals surface area (Å²) in [6, 6.07) is 7.14. The first-order valence-electron chi connectivity index (χ1n) is 6.25. The van der Waals surface area contributed by atoms with Crippen LogP contribution >= 0.6 is 0 Å². The van der Waals surface area contributed by atoms with Crippen LogP contribution < -0.4 is 10.2 Å². The van der Waals surface area contributed by atoms with E-state index in [1.54, 1.807) is 24.4 Å². The molecule has 0 unspecified atom stereocenters. The van der Waals surface area contributed by atoms with Crippen molar-refractivity contribution in [2.75, 3.05) is 31.1 Å². The van der Waals surface area contributed by atoms with Gasteiger partial charge in [0.15, 0.2) is 0 Å². The molecule has 0 bridgehead atoms. The second-order valence-corrected chi connectivity index (χ2v) is 4.50. The summed E-state index contributed by atoms with van der Waals surface area (Å²) in [4.78, 5) is 17.3. The first kappa shape index (κ1) is 11.9. The van der Waals surface area contributed by atoms with Crippen LogP contribution in [0.15, 0.2) is 30.5 Å². The number of rotatable bonds is 2. The number of hydrogen-bond acceptors (Lipinski definition) is 5. The minimum absolute atomic E-state index is 0.160. The molecular formula is C13H14N4O2. The molecule has 0 aliphatic carbocycles. The number of pyridine rings is 1. The second kappa shape index (κ2) is 4.81. The Hall–Kier alpha value is -2.21. The van der Waals surface area contributed by atoms with Gasteiger partial charge in [0.2, 0.25) is 0 Å². The van der Waals surface area contributed by atoms with Crippen LogP contribution in [0.2, 0.25) is 0 Å². The molecule has 6 nitrogen and oxygen atoms in total. The van der Waals surface area contributed by atoms with Gasteiger partial charge >= 0.3 is 5.69 Å². The molecule has 1 fully saturated rings. The fourth-order valence-corrected chi connectivity index (χ4v) is 2.48. The molecule has 1 aromatic carbocycles. The van der Waals surface area contributed by atoms with Crippen LogP contribution in [0.3, 0.4) is 0 Å². The van der Waals surface area contributed by atoms with Gasteiger partial charge in [-0.15, -0.1) is 0 Å². The van der Waals surface area contributed by atoms with Crippen molar-refractivity contribution in [2.24, 2.45) is 0 Å². The van der Waals surface area contributed by atoms with Gasteiger partial charge in [-0.25, -0.2) is 0 Å². The second-order valence-electron chi connectivity index (χ2n) is 4.50. The van der Waals surface area contributed by atoms with Crippen molar-refractivity contribution in [1.29, 1.82) is 0 Å². The van der Waals surface area contributed by atoms with Gasteiger partial charge in [0.25, 0.3) is 0 Å². The summed E-state index contributed by atoms with van der Waals surface area (Å²) in [7, 11) is 0. The molecule has 6 heteroatoms. The summed E-state index contributed by atoms with van der Waals surface area (Å²) in [6.45, 7) is 3.27. The zero-order valence-electron chi connectivity index (χ0n) is 10.4. The number of nitro benzene ring substituents is 1. The van der Waals surface area contributed by atoms with Crippen molar-refractivity contribution in [3.63, 3.8) is 0 Å². The van der Waals surface area contributed by atoms with Crippen LogP contribution in [0.4, 0.5) is 11.4 Å². The highest BCUT2D eigenvalue weighted by Crippen LogP contribution is 2.35. The lowest BCUT2D eigenvalue weighted by molar-refractivity contribution is -0.382. The fraction of sp³-hybridized carbons (Fsp3) is 0.308.